The van der Waals surface area contributed by atoms with Gasteiger partial charge in [0, 0.05) is 18.9 Å². The normalized spacial score (nSPS) is 29.8. The number of β-amino-alcohol motifs (C(OH)–C–C–N with tert-alkyl or cyclic N) is 1. The number of aliphatic hydroxyl groups excluding tert-OH is 1. The Kier molecular flexibility index (Phi) is 4.80. The van der Waals surface area contributed by atoms with Crippen molar-refractivity contribution < 1.29 is 19.8 Å². The van der Waals surface area contributed by atoms with Crippen LogP contribution < -0.4 is 0 Å². The van der Waals surface area contributed by atoms with Crippen molar-refractivity contribution in [3.05, 3.63) is 0 Å². The SMILES string of the molecule is O=C(O)C1CC(O)CN1C(=O)C1CCCCCCC1. The second-order valence-electron chi connectivity index (χ2n) is 5.78. The Morgan fingerprint density at radius 3 is 2.16 bits per heavy atom. The van der Waals surface area contributed by atoms with E-state index >= 15 is 0 Å². The molecular weight excluding hydrogens is 246 g/mol. The van der Waals surface area contributed by atoms with Crippen LogP contribution in [-0.4, -0.2) is 45.7 Å². The van der Waals surface area contributed by atoms with E-state index in [4.69, 9.17) is 5.11 Å². The lowest BCUT2D eigenvalue weighted by atomic mass is 9.90. The molecule has 5 nitrogen and oxygen atoms in total. The van der Waals surface area contributed by atoms with E-state index in [0.717, 1.165) is 38.5 Å². The minimum atomic E-state index is -1.00. The van der Waals surface area contributed by atoms with E-state index in [1.807, 2.05) is 0 Å². The lowest BCUT2D eigenvalue weighted by Gasteiger charge is -2.27. The molecule has 2 N–H and O–H groups in total. The van der Waals surface area contributed by atoms with Gasteiger partial charge in [0.15, 0.2) is 0 Å². The first-order valence-electron chi connectivity index (χ1n) is 7.31. The summed E-state index contributed by atoms with van der Waals surface area (Å²) in [5, 5.41) is 18.8. The van der Waals surface area contributed by atoms with E-state index < -0.39 is 18.1 Å². The van der Waals surface area contributed by atoms with E-state index in [1.165, 1.54) is 11.3 Å². The van der Waals surface area contributed by atoms with Gasteiger partial charge in [0.2, 0.25) is 5.91 Å². The topological polar surface area (TPSA) is 77.8 Å². The number of carboxylic acids is 1. The van der Waals surface area contributed by atoms with Crippen LogP contribution >= 0.6 is 0 Å². The highest BCUT2D eigenvalue weighted by molar-refractivity contribution is 5.85. The maximum Gasteiger partial charge on any atom is 0.326 e. The Labute approximate surface area is 113 Å². The van der Waals surface area contributed by atoms with Crippen molar-refractivity contribution in [3.63, 3.8) is 0 Å². The van der Waals surface area contributed by atoms with Gasteiger partial charge < -0.3 is 15.1 Å². The highest BCUT2D eigenvalue weighted by Gasteiger charge is 2.40. The van der Waals surface area contributed by atoms with Crippen LogP contribution in [0.4, 0.5) is 0 Å². The number of carbonyl (C=O) groups excluding carboxylic acids is 1. The van der Waals surface area contributed by atoms with E-state index in [1.54, 1.807) is 0 Å². The number of aliphatic carboxylic acids is 1. The van der Waals surface area contributed by atoms with Crippen molar-refractivity contribution in [1.82, 2.24) is 4.90 Å². The summed E-state index contributed by atoms with van der Waals surface area (Å²) in [4.78, 5) is 25.0. The molecule has 2 atom stereocenters. The summed E-state index contributed by atoms with van der Waals surface area (Å²) in [5.41, 5.74) is 0. The predicted octanol–water partition coefficient (Wildman–Crippen LogP) is 1.39. The number of hydrogen-bond donors (Lipinski definition) is 2. The molecule has 0 radical (unpaired) electrons. The molecule has 0 aromatic carbocycles. The van der Waals surface area contributed by atoms with E-state index in [2.05, 4.69) is 0 Å². The number of likely N-dealkylation sites (tertiary alicyclic amines) is 1. The summed E-state index contributed by atoms with van der Waals surface area (Å²) in [7, 11) is 0. The highest BCUT2D eigenvalue weighted by atomic mass is 16.4. The van der Waals surface area contributed by atoms with Gasteiger partial charge in [-0.3, -0.25) is 4.79 Å². The minimum Gasteiger partial charge on any atom is -0.480 e. The van der Waals surface area contributed by atoms with Crippen LogP contribution in [0.15, 0.2) is 0 Å². The molecule has 2 aliphatic rings. The standard InChI is InChI=1S/C14H23NO4/c16-11-8-12(14(18)19)15(9-11)13(17)10-6-4-2-1-3-5-7-10/h10-12,16H,1-9H2,(H,18,19). The molecule has 1 heterocycles. The van der Waals surface area contributed by atoms with Crippen LogP contribution in [0.1, 0.15) is 51.4 Å². The van der Waals surface area contributed by atoms with Gasteiger partial charge in [0.1, 0.15) is 6.04 Å². The van der Waals surface area contributed by atoms with Crippen LogP contribution in [0.2, 0.25) is 0 Å². The average Bonchev–Trinajstić information content (AvgIpc) is 2.70. The summed E-state index contributed by atoms with van der Waals surface area (Å²) in [6, 6.07) is -0.840. The third-order valence-electron chi connectivity index (χ3n) is 4.30. The number of rotatable bonds is 2. The van der Waals surface area contributed by atoms with Crippen LogP contribution in [0.3, 0.4) is 0 Å². The van der Waals surface area contributed by atoms with Gasteiger partial charge in [-0.2, -0.15) is 0 Å². The molecule has 1 saturated carbocycles. The molecule has 0 aromatic rings. The fourth-order valence-electron chi connectivity index (χ4n) is 3.23. The number of aliphatic hydroxyl groups is 1. The second kappa shape index (κ2) is 6.37. The zero-order valence-electron chi connectivity index (χ0n) is 11.3. The number of carbonyl (C=O) groups is 2. The lowest BCUT2D eigenvalue weighted by Crippen LogP contribution is -2.43. The number of nitrogens with zero attached hydrogens (tertiary/aromatic N) is 1. The Morgan fingerprint density at radius 1 is 1.00 bits per heavy atom. The molecule has 1 aliphatic carbocycles. The van der Waals surface area contributed by atoms with Crippen molar-refractivity contribution in [2.45, 2.75) is 63.5 Å². The molecule has 2 fully saturated rings. The minimum absolute atomic E-state index is 0.0487. The molecule has 1 aliphatic heterocycles. The fraction of sp³-hybridized carbons (Fsp3) is 0.857. The van der Waals surface area contributed by atoms with Gasteiger partial charge in [-0.1, -0.05) is 32.1 Å². The van der Waals surface area contributed by atoms with Crippen molar-refractivity contribution in [2.24, 2.45) is 5.92 Å². The summed E-state index contributed by atoms with van der Waals surface area (Å²) in [6.07, 6.45) is 6.84. The molecule has 19 heavy (non-hydrogen) atoms. The summed E-state index contributed by atoms with van der Waals surface area (Å²) in [5.74, 6) is -1.12. The monoisotopic (exact) mass is 269 g/mol. The highest BCUT2D eigenvalue weighted by Crippen LogP contribution is 2.27. The second-order valence-corrected chi connectivity index (χ2v) is 5.78. The van der Waals surface area contributed by atoms with Gasteiger partial charge >= 0.3 is 5.97 Å². The molecular formula is C14H23NO4. The Bertz CT molecular complexity index is 336. The van der Waals surface area contributed by atoms with Gasteiger partial charge in [-0.15, -0.1) is 0 Å². The maximum absolute atomic E-state index is 12.5. The van der Waals surface area contributed by atoms with Gasteiger partial charge in [-0.05, 0) is 12.8 Å². The van der Waals surface area contributed by atoms with Crippen LogP contribution in [0.5, 0.6) is 0 Å². The van der Waals surface area contributed by atoms with Crippen LogP contribution in [0, 0.1) is 5.92 Å². The van der Waals surface area contributed by atoms with Crippen molar-refractivity contribution >= 4 is 11.9 Å². The number of amides is 1. The van der Waals surface area contributed by atoms with Gasteiger partial charge in [0.25, 0.3) is 0 Å². The van der Waals surface area contributed by atoms with Crippen molar-refractivity contribution in [3.8, 4) is 0 Å². The molecule has 5 heteroatoms. The Balaban J connectivity index is 2.02. The number of carboxylic acid groups (broad SMARTS) is 1. The third-order valence-corrected chi connectivity index (χ3v) is 4.30. The average molecular weight is 269 g/mol. The van der Waals surface area contributed by atoms with Crippen molar-refractivity contribution in [2.75, 3.05) is 6.54 Å². The van der Waals surface area contributed by atoms with Crippen LogP contribution in [0.25, 0.3) is 0 Å². The van der Waals surface area contributed by atoms with Gasteiger partial charge in [-0.25, -0.2) is 4.79 Å². The fourth-order valence-corrected chi connectivity index (χ4v) is 3.23. The Hall–Kier alpha value is -1.10. The van der Waals surface area contributed by atoms with E-state index in [9.17, 15) is 14.7 Å². The Morgan fingerprint density at radius 2 is 1.58 bits per heavy atom. The summed E-state index contributed by atoms with van der Waals surface area (Å²) < 4.78 is 0. The van der Waals surface area contributed by atoms with Crippen molar-refractivity contribution in [1.29, 1.82) is 0 Å². The largest absolute Gasteiger partial charge is 0.480 e. The number of hydrogen-bond acceptors (Lipinski definition) is 3. The van der Waals surface area contributed by atoms with Crippen LogP contribution in [-0.2, 0) is 9.59 Å². The molecule has 1 amide bonds. The molecule has 0 bridgehead atoms. The lowest BCUT2D eigenvalue weighted by molar-refractivity contribution is -0.150. The first-order valence-corrected chi connectivity index (χ1v) is 7.31. The molecule has 0 aromatic heterocycles. The third kappa shape index (κ3) is 3.47. The molecule has 2 rings (SSSR count). The molecule has 1 saturated heterocycles. The molecule has 108 valence electrons. The molecule has 0 spiro atoms. The summed E-state index contributed by atoms with van der Waals surface area (Å²) in [6.45, 7) is 0.173. The first kappa shape index (κ1) is 14.3. The maximum atomic E-state index is 12.5. The zero-order chi connectivity index (χ0) is 13.8. The quantitative estimate of drug-likeness (QED) is 0.794. The zero-order valence-corrected chi connectivity index (χ0v) is 11.3. The molecule has 2 unspecified atom stereocenters. The predicted molar refractivity (Wildman–Crippen MR) is 69.6 cm³/mol. The van der Waals surface area contributed by atoms with Gasteiger partial charge in [0.05, 0.1) is 6.10 Å². The smallest absolute Gasteiger partial charge is 0.326 e. The van der Waals surface area contributed by atoms with E-state index in [-0.39, 0.29) is 24.8 Å². The van der Waals surface area contributed by atoms with E-state index in [0.29, 0.717) is 0 Å². The first-order chi connectivity index (χ1) is 9.09. The summed E-state index contributed by atoms with van der Waals surface area (Å²) >= 11 is 0.